The molecule has 1 aliphatic heterocycles. The highest BCUT2D eigenvalue weighted by molar-refractivity contribution is 7.89. The number of nitrogens with one attached hydrogen (secondary N) is 2. The molecule has 3 rings (SSSR count). The molecule has 2 aromatic carbocycles. The van der Waals surface area contributed by atoms with Crippen molar-refractivity contribution in [3.05, 3.63) is 54.6 Å². The summed E-state index contributed by atoms with van der Waals surface area (Å²) in [4.78, 5) is 12.4. The van der Waals surface area contributed by atoms with E-state index < -0.39 is 10.0 Å². The van der Waals surface area contributed by atoms with Crippen LogP contribution in [-0.2, 0) is 10.0 Å². The Morgan fingerprint density at radius 2 is 1.67 bits per heavy atom. The number of para-hydroxylation sites is 1. The average Bonchev–Trinajstić information content (AvgIpc) is 2.69. The van der Waals surface area contributed by atoms with Crippen LogP contribution in [0.15, 0.2) is 54.6 Å². The highest BCUT2D eigenvalue weighted by atomic mass is 32.2. The molecule has 0 radical (unpaired) electrons. The van der Waals surface area contributed by atoms with Gasteiger partial charge in [-0.1, -0.05) is 48.5 Å². The van der Waals surface area contributed by atoms with Crippen molar-refractivity contribution < 1.29 is 13.2 Å². The first-order chi connectivity index (χ1) is 13.0. The second-order valence-electron chi connectivity index (χ2n) is 6.58. The number of amides is 2. The topological polar surface area (TPSA) is 78.5 Å². The van der Waals surface area contributed by atoms with Crippen LogP contribution in [0.25, 0.3) is 11.1 Å². The number of carbonyl (C=O) groups is 1. The molecule has 2 aromatic rings. The number of urea groups is 1. The molecule has 2 amide bonds. The van der Waals surface area contributed by atoms with E-state index in [-0.39, 0.29) is 17.8 Å². The number of sulfonamides is 1. The predicted molar refractivity (Wildman–Crippen MR) is 108 cm³/mol. The van der Waals surface area contributed by atoms with Gasteiger partial charge in [0.05, 0.1) is 11.4 Å². The Balaban J connectivity index is 1.60. The number of nitrogens with zero attached hydrogens (tertiary/aromatic N) is 1. The zero-order chi connectivity index (χ0) is 19.3. The van der Waals surface area contributed by atoms with Gasteiger partial charge in [0.15, 0.2) is 0 Å². The van der Waals surface area contributed by atoms with Gasteiger partial charge in [0.25, 0.3) is 0 Å². The molecule has 27 heavy (non-hydrogen) atoms. The number of hydrogen-bond donors (Lipinski definition) is 2. The highest BCUT2D eigenvalue weighted by Crippen LogP contribution is 2.27. The fourth-order valence-corrected chi connectivity index (χ4v) is 4.40. The van der Waals surface area contributed by atoms with Crippen LogP contribution in [0.2, 0.25) is 0 Å². The molecule has 0 unspecified atom stereocenters. The first-order valence-corrected chi connectivity index (χ1v) is 10.8. The van der Waals surface area contributed by atoms with Crippen molar-refractivity contribution in [1.29, 1.82) is 0 Å². The van der Waals surface area contributed by atoms with Gasteiger partial charge >= 0.3 is 6.03 Å². The molecule has 1 aliphatic rings. The van der Waals surface area contributed by atoms with E-state index in [1.54, 1.807) is 6.92 Å². The van der Waals surface area contributed by atoms with Crippen LogP contribution in [0.4, 0.5) is 10.5 Å². The van der Waals surface area contributed by atoms with Crippen molar-refractivity contribution in [2.24, 2.45) is 0 Å². The smallest absolute Gasteiger partial charge is 0.319 e. The van der Waals surface area contributed by atoms with Gasteiger partial charge in [0.2, 0.25) is 10.0 Å². The summed E-state index contributed by atoms with van der Waals surface area (Å²) < 4.78 is 25.4. The Morgan fingerprint density at radius 1 is 1.04 bits per heavy atom. The first-order valence-electron chi connectivity index (χ1n) is 9.19. The molecule has 0 atom stereocenters. The van der Waals surface area contributed by atoms with Crippen LogP contribution >= 0.6 is 0 Å². The molecule has 0 saturated carbocycles. The van der Waals surface area contributed by atoms with Gasteiger partial charge < -0.3 is 10.6 Å². The Hall–Kier alpha value is -2.38. The lowest BCUT2D eigenvalue weighted by Gasteiger charge is -2.31. The van der Waals surface area contributed by atoms with Crippen molar-refractivity contribution >= 4 is 21.7 Å². The second kappa shape index (κ2) is 8.54. The first kappa shape index (κ1) is 19.4. The molecular formula is C20H25N3O3S. The molecule has 2 N–H and O–H groups in total. The molecule has 1 fully saturated rings. The number of rotatable bonds is 5. The molecule has 0 aliphatic carbocycles. The molecule has 0 aromatic heterocycles. The second-order valence-corrected chi connectivity index (χ2v) is 8.84. The number of benzene rings is 2. The Labute approximate surface area is 160 Å². The van der Waals surface area contributed by atoms with E-state index in [2.05, 4.69) is 10.6 Å². The molecule has 144 valence electrons. The van der Waals surface area contributed by atoms with Gasteiger partial charge in [-0.25, -0.2) is 17.5 Å². The Morgan fingerprint density at radius 3 is 2.33 bits per heavy atom. The van der Waals surface area contributed by atoms with Gasteiger partial charge in [0.1, 0.15) is 0 Å². The van der Waals surface area contributed by atoms with Crippen LogP contribution in [0.1, 0.15) is 19.8 Å². The maximum absolute atomic E-state index is 12.4. The van der Waals surface area contributed by atoms with Crippen molar-refractivity contribution in [2.45, 2.75) is 25.8 Å². The minimum atomic E-state index is -3.15. The molecule has 7 heteroatoms. The Bertz CT molecular complexity index is 876. The maximum Gasteiger partial charge on any atom is 0.319 e. The third-order valence-corrected chi connectivity index (χ3v) is 6.69. The van der Waals surface area contributed by atoms with E-state index in [1.807, 2.05) is 54.6 Å². The third kappa shape index (κ3) is 4.87. The van der Waals surface area contributed by atoms with Gasteiger partial charge in [-0.05, 0) is 31.4 Å². The van der Waals surface area contributed by atoms with E-state index in [1.165, 1.54) is 4.31 Å². The van der Waals surface area contributed by atoms with Crippen LogP contribution in [0.5, 0.6) is 0 Å². The lowest BCUT2D eigenvalue weighted by molar-refractivity contribution is 0.238. The molecular weight excluding hydrogens is 362 g/mol. The molecule has 1 saturated heterocycles. The normalized spacial score (nSPS) is 16.0. The van der Waals surface area contributed by atoms with Crippen LogP contribution in [0.3, 0.4) is 0 Å². The number of anilines is 1. The number of carbonyl (C=O) groups excluding carboxylic acids is 1. The summed E-state index contributed by atoms with van der Waals surface area (Å²) in [5, 5.41) is 5.89. The fraction of sp³-hybridized carbons (Fsp3) is 0.350. The van der Waals surface area contributed by atoms with E-state index >= 15 is 0 Å². The maximum atomic E-state index is 12.4. The summed E-state index contributed by atoms with van der Waals surface area (Å²) in [6.07, 6.45) is 1.24. The summed E-state index contributed by atoms with van der Waals surface area (Å²) >= 11 is 0. The summed E-state index contributed by atoms with van der Waals surface area (Å²) in [6.45, 7) is 2.54. The van der Waals surface area contributed by atoms with Crippen LogP contribution in [0, 0.1) is 0 Å². The summed E-state index contributed by atoms with van der Waals surface area (Å²) in [5.41, 5.74) is 2.73. The summed E-state index contributed by atoms with van der Waals surface area (Å²) in [5.74, 6) is 0.113. The SMILES string of the molecule is CCS(=O)(=O)N1CCC(NC(=O)Nc2ccccc2-c2ccccc2)CC1. The largest absolute Gasteiger partial charge is 0.335 e. The van der Waals surface area contributed by atoms with Gasteiger partial charge in [-0.15, -0.1) is 0 Å². The lowest BCUT2D eigenvalue weighted by Crippen LogP contribution is -2.47. The standard InChI is InChI=1S/C20H25N3O3S/c1-2-27(25,26)23-14-12-17(13-15-23)21-20(24)22-19-11-7-6-10-18(19)16-8-4-3-5-9-16/h3-11,17H,2,12-15H2,1H3,(H2,21,22,24). The van der Waals surface area contributed by atoms with E-state index in [0.717, 1.165) is 16.8 Å². The van der Waals surface area contributed by atoms with E-state index in [0.29, 0.717) is 25.9 Å². The molecule has 1 heterocycles. The minimum absolute atomic E-state index is 0.0304. The molecule has 6 nitrogen and oxygen atoms in total. The van der Waals surface area contributed by atoms with Crippen molar-refractivity contribution in [3.8, 4) is 11.1 Å². The Kier molecular flexibility index (Phi) is 6.13. The summed E-state index contributed by atoms with van der Waals surface area (Å²) in [6, 6.07) is 17.3. The zero-order valence-corrected chi connectivity index (χ0v) is 16.2. The van der Waals surface area contributed by atoms with Crippen LogP contribution < -0.4 is 10.6 Å². The van der Waals surface area contributed by atoms with Gasteiger partial charge in [-0.3, -0.25) is 0 Å². The van der Waals surface area contributed by atoms with E-state index in [9.17, 15) is 13.2 Å². The molecule has 0 bridgehead atoms. The highest BCUT2D eigenvalue weighted by Gasteiger charge is 2.27. The van der Waals surface area contributed by atoms with Crippen molar-refractivity contribution in [1.82, 2.24) is 9.62 Å². The monoisotopic (exact) mass is 387 g/mol. The van der Waals surface area contributed by atoms with Crippen LogP contribution in [-0.4, -0.2) is 43.6 Å². The van der Waals surface area contributed by atoms with Gasteiger partial charge in [-0.2, -0.15) is 0 Å². The van der Waals surface area contributed by atoms with Gasteiger partial charge in [0, 0.05) is 24.7 Å². The average molecular weight is 388 g/mol. The van der Waals surface area contributed by atoms with Crippen molar-refractivity contribution in [2.75, 3.05) is 24.2 Å². The van der Waals surface area contributed by atoms with E-state index in [4.69, 9.17) is 0 Å². The number of hydrogen-bond acceptors (Lipinski definition) is 3. The minimum Gasteiger partial charge on any atom is -0.335 e. The molecule has 0 spiro atoms. The lowest BCUT2D eigenvalue weighted by atomic mass is 10.0. The quantitative estimate of drug-likeness (QED) is 0.826. The predicted octanol–water partition coefficient (Wildman–Crippen LogP) is 3.29. The van der Waals surface area contributed by atoms with Crippen molar-refractivity contribution in [3.63, 3.8) is 0 Å². The summed E-state index contributed by atoms with van der Waals surface area (Å²) in [7, 11) is -3.15. The zero-order valence-electron chi connectivity index (χ0n) is 15.4. The number of piperidine rings is 1. The fourth-order valence-electron chi connectivity index (χ4n) is 3.27. The third-order valence-electron chi connectivity index (χ3n) is 4.81.